The molecule has 1 aromatic heterocycles. The van der Waals surface area contributed by atoms with Crippen molar-refractivity contribution in [3.63, 3.8) is 0 Å². The fourth-order valence-corrected chi connectivity index (χ4v) is 5.25. The van der Waals surface area contributed by atoms with Gasteiger partial charge in [-0.2, -0.15) is 15.0 Å². The van der Waals surface area contributed by atoms with E-state index in [4.69, 9.17) is 16.6 Å². The first-order valence-electron chi connectivity index (χ1n) is 12.5. The van der Waals surface area contributed by atoms with Gasteiger partial charge in [0.05, 0.1) is 0 Å². The van der Waals surface area contributed by atoms with E-state index in [2.05, 4.69) is 50.7 Å². The average molecular weight is 472 g/mol. The minimum absolute atomic E-state index is 0.525. The van der Waals surface area contributed by atoms with E-state index in [0.29, 0.717) is 29.8 Å². The molecule has 2 aromatic rings. The second-order valence-electron chi connectivity index (χ2n) is 9.52. The van der Waals surface area contributed by atoms with E-state index in [-0.39, 0.29) is 0 Å². The fourth-order valence-electron chi connectivity index (χ4n) is 4.99. The number of hydrogen-bond donors (Lipinski definition) is 3. The Labute approximate surface area is 203 Å². The quantitative estimate of drug-likeness (QED) is 0.428. The molecule has 2 fully saturated rings. The summed E-state index contributed by atoms with van der Waals surface area (Å²) >= 11 is 6.41. The highest BCUT2D eigenvalue weighted by Gasteiger charge is 2.23. The molecule has 2 heterocycles. The number of nitrogens with one attached hydrogen (secondary N) is 3. The van der Waals surface area contributed by atoms with Gasteiger partial charge in [0, 0.05) is 29.8 Å². The second kappa shape index (κ2) is 11.3. The Bertz CT molecular complexity index is 906. The predicted octanol–water partition coefficient (Wildman–Crippen LogP) is 5.77. The fraction of sp³-hybridized carbons (Fsp3) is 0.640. The Kier molecular flexibility index (Phi) is 8.25. The first-order valence-corrected chi connectivity index (χ1v) is 12.9. The van der Waals surface area contributed by atoms with Crippen molar-refractivity contribution in [1.29, 1.82) is 0 Å². The molecule has 0 amide bonds. The maximum absolute atomic E-state index is 6.41. The van der Waals surface area contributed by atoms with Crippen molar-refractivity contribution in [2.24, 2.45) is 5.92 Å². The third-order valence-electron chi connectivity index (χ3n) is 7.17. The number of hydrogen-bond acceptors (Lipinski definition) is 7. The summed E-state index contributed by atoms with van der Waals surface area (Å²) in [5.74, 6) is 2.45. The lowest BCUT2D eigenvalue weighted by molar-refractivity contribution is 0.277. The predicted molar refractivity (Wildman–Crippen MR) is 138 cm³/mol. The summed E-state index contributed by atoms with van der Waals surface area (Å²) in [4.78, 5) is 16.6. The molecule has 0 spiro atoms. The molecule has 2 aliphatic rings. The summed E-state index contributed by atoms with van der Waals surface area (Å²) in [5, 5.41) is 11.0. The molecule has 1 aliphatic carbocycles. The molecular weight excluding hydrogens is 434 g/mol. The highest BCUT2D eigenvalue weighted by atomic mass is 35.5. The molecule has 1 saturated carbocycles. The van der Waals surface area contributed by atoms with E-state index in [1.54, 1.807) is 0 Å². The van der Waals surface area contributed by atoms with Gasteiger partial charge in [-0.1, -0.05) is 37.8 Å². The van der Waals surface area contributed by atoms with Crippen molar-refractivity contribution in [2.45, 2.75) is 71.8 Å². The maximum Gasteiger partial charge on any atom is 0.233 e. The number of nitrogens with zero attached hydrogens (tertiary/aromatic N) is 4. The van der Waals surface area contributed by atoms with Crippen LogP contribution >= 0.6 is 11.6 Å². The number of aryl methyl sites for hydroxylation is 1. The third-order valence-corrected chi connectivity index (χ3v) is 7.56. The first kappa shape index (κ1) is 24.0. The first-order chi connectivity index (χ1) is 16.0. The Hall–Kier alpha value is -2.12. The normalized spacial score (nSPS) is 19.6. The van der Waals surface area contributed by atoms with E-state index >= 15 is 0 Å². The van der Waals surface area contributed by atoms with Crippen LogP contribution in [0.3, 0.4) is 0 Å². The van der Waals surface area contributed by atoms with Crippen LogP contribution in [-0.2, 0) is 0 Å². The summed E-state index contributed by atoms with van der Waals surface area (Å²) in [6, 6.07) is 4.53. The zero-order valence-corrected chi connectivity index (χ0v) is 21.0. The molecule has 1 saturated heterocycles. The SMILES string of the molecule is CCN1CCCC1CNc1nc(NCC2CCCCC2)nc(Nc2cc(C)c(C)c(Cl)c2)n1. The highest BCUT2D eigenvalue weighted by Crippen LogP contribution is 2.27. The van der Waals surface area contributed by atoms with E-state index in [1.807, 2.05) is 13.0 Å². The lowest BCUT2D eigenvalue weighted by Crippen LogP contribution is -2.35. The van der Waals surface area contributed by atoms with Gasteiger partial charge in [0.15, 0.2) is 0 Å². The summed E-state index contributed by atoms with van der Waals surface area (Å²) in [6.07, 6.45) is 9.04. The van der Waals surface area contributed by atoms with Gasteiger partial charge in [0.1, 0.15) is 0 Å². The molecule has 33 heavy (non-hydrogen) atoms. The number of likely N-dealkylation sites (tertiary alicyclic amines) is 1. The third kappa shape index (κ3) is 6.48. The van der Waals surface area contributed by atoms with E-state index < -0.39 is 0 Å². The molecule has 1 unspecified atom stereocenters. The number of aromatic nitrogens is 3. The van der Waals surface area contributed by atoms with Crippen molar-refractivity contribution in [2.75, 3.05) is 42.1 Å². The summed E-state index contributed by atoms with van der Waals surface area (Å²) in [6.45, 7) is 10.3. The minimum atomic E-state index is 0.525. The van der Waals surface area contributed by atoms with Gasteiger partial charge in [0.25, 0.3) is 0 Å². The summed E-state index contributed by atoms with van der Waals surface area (Å²) < 4.78 is 0. The van der Waals surface area contributed by atoms with Gasteiger partial charge in [-0.05, 0) is 81.8 Å². The Morgan fingerprint density at radius 1 is 0.909 bits per heavy atom. The molecule has 1 aromatic carbocycles. The van der Waals surface area contributed by atoms with Gasteiger partial charge in [-0.3, -0.25) is 4.90 Å². The number of anilines is 4. The Balaban J connectivity index is 1.50. The van der Waals surface area contributed by atoms with Crippen LogP contribution in [0.4, 0.5) is 23.5 Å². The molecule has 0 radical (unpaired) electrons. The lowest BCUT2D eigenvalue weighted by Gasteiger charge is -2.23. The summed E-state index contributed by atoms with van der Waals surface area (Å²) in [7, 11) is 0. The number of likely N-dealkylation sites (N-methyl/N-ethyl adjacent to an activating group) is 1. The monoisotopic (exact) mass is 471 g/mol. The van der Waals surface area contributed by atoms with Crippen LogP contribution in [0.5, 0.6) is 0 Å². The molecule has 8 heteroatoms. The number of benzene rings is 1. The van der Waals surface area contributed by atoms with Gasteiger partial charge < -0.3 is 16.0 Å². The van der Waals surface area contributed by atoms with Gasteiger partial charge in [-0.25, -0.2) is 0 Å². The summed E-state index contributed by atoms with van der Waals surface area (Å²) in [5.41, 5.74) is 3.10. The second-order valence-corrected chi connectivity index (χ2v) is 9.93. The van der Waals surface area contributed by atoms with Gasteiger partial charge in [-0.15, -0.1) is 0 Å². The smallest absolute Gasteiger partial charge is 0.233 e. The molecule has 1 atom stereocenters. The van der Waals surface area contributed by atoms with E-state index in [0.717, 1.165) is 41.5 Å². The minimum Gasteiger partial charge on any atom is -0.354 e. The van der Waals surface area contributed by atoms with E-state index in [9.17, 15) is 0 Å². The van der Waals surface area contributed by atoms with Crippen LogP contribution in [0.2, 0.25) is 5.02 Å². The topological polar surface area (TPSA) is 78.0 Å². The molecular formula is C25H38ClN7. The van der Waals surface area contributed by atoms with Crippen LogP contribution in [0.25, 0.3) is 0 Å². The van der Waals surface area contributed by atoms with Gasteiger partial charge >= 0.3 is 0 Å². The number of rotatable bonds is 9. The molecule has 0 bridgehead atoms. The zero-order chi connectivity index (χ0) is 23.2. The Morgan fingerprint density at radius 2 is 1.61 bits per heavy atom. The zero-order valence-electron chi connectivity index (χ0n) is 20.3. The van der Waals surface area contributed by atoms with Crippen LogP contribution in [-0.4, -0.2) is 52.1 Å². The van der Waals surface area contributed by atoms with Crippen molar-refractivity contribution >= 4 is 35.1 Å². The van der Waals surface area contributed by atoms with Crippen LogP contribution in [0.15, 0.2) is 12.1 Å². The molecule has 3 N–H and O–H groups in total. The highest BCUT2D eigenvalue weighted by molar-refractivity contribution is 6.31. The average Bonchev–Trinajstić information content (AvgIpc) is 3.28. The van der Waals surface area contributed by atoms with Crippen LogP contribution < -0.4 is 16.0 Å². The Morgan fingerprint density at radius 3 is 2.30 bits per heavy atom. The van der Waals surface area contributed by atoms with Gasteiger partial charge in [0.2, 0.25) is 17.8 Å². The number of halogens is 1. The van der Waals surface area contributed by atoms with Crippen molar-refractivity contribution in [3.05, 3.63) is 28.3 Å². The molecule has 4 rings (SSSR count). The molecule has 7 nitrogen and oxygen atoms in total. The van der Waals surface area contributed by atoms with E-state index in [1.165, 1.54) is 51.5 Å². The maximum atomic E-state index is 6.41. The largest absolute Gasteiger partial charge is 0.354 e. The standard InChI is InChI=1S/C25H38ClN7/c1-4-33-12-8-11-21(33)16-28-24-30-23(27-15-19-9-6-5-7-10-19)31-25(32-24)29-20-13-17(2)18(3)22(26)14-20/h13-14,19,21H,4-12,15-16H2,1-3H3,(H3,27,28,29,30,31,32). The van der Waals surface area contributed by atoms with Crippen molar-refractivity contribution in [3.8, 4) is 0 Å². The lowest BCUT2D eigenvalue weighted by atomic mass is 9.89. The van der Waals surface area contributed by atoms with Crippen molar-refractivity contribution in [1.82, 2.24) is 19.9 Å². The van der Waals surface area contributed by atoms with Crippen LogP contribution in [0, 0.1) is 19.8 Å². The molecule has 1 aliphatic heterocycles. The molecule has 180 valence electrons. The van der Waals surface area contributed by atoms with Crippen molar-refractivity contribution < 1.29 is 0 Å². The van der Waals surface area contributed by atoms with Crippen LogP contribution in [0.1, 0.15) is 63.0 Å².